The van der Waals surface area contributed by atoms with Gasteiger partial charge in [-0.15, -0.1) is 0 Å². The van der Waals surface area contributed by atoms with Gasteiger partial charge in [0.05, 0.1) is 18.5 Å². The molecule has 0 radical (unpaired) electrons. The molecule has 6 nitrogen and oxygen atoms in total. The van der Waals surface area contributed by atoms with Crippen molar-refractivity contribution in [2.24, 2.45) is 0 Å². The van der Waals surface area contributed by atoms with Crippen molar-refractivity contribution < 1.29 is 13.9 Å². The number of hydrogen-bond acceptors (Lipinski definition) is 4. The van der Waals surface area contributed by atoms with Crippen molar-refractivity contribution in [1.29, 1.82) is 0 Å². The lowest BCUT2D eigenvalue weighted by Gasteiger charge is -2.10. The normalized spacial score (nSPS) is 10.9. The maximum absolute atomic E-state index is 12.4. The van der Waals surface area contributed by atoms with Gasteiger partial charge >= 0.3 is 0 Å². The van der Waals surface area contributed by atoms with E-state index in [0.29, 0.717) is 16.1 Å². The zero-order valence-corrected chi connectivity index (χ0v) is 16.3. The second-order valence-corrected chi connectivity index (χ2v) is 6.85. The Hall–Kier alpha value is -3.06. The van der Waals surface area contributed by atoms with E-state index in [4.69, 9.17) is 9.15 Å². The maximum Gasteiger partial charge on any atom is 0.291 e. The number of benzene rings is 1. The Labute approximate surface area is 163 Å². The maximum atomic E-state index is 12.4. The molecular weight excluding hydrogens is 410 g/mol. The quantitative estimate of drug-likeness (QED) is 0.503. The first-order valence-corrected chi connectivity index (χ1v) is 9.03. The number of nitrogens with one attached hydrogen (secondary N) is 1. The molecule has 1 aromatic carbocycles. The summed E-state index contributed by atoms with van der Waals surface area (Å²) in [6.07, 6.45) is 3.92. The molecule has 27 heavy (non-hydrogen) atoms. The smallest absolute Gasteiger partial charge is 0.291 e. The summed E-state index contributed by atoms with van der Waals surface area (Å²) in [5.74, 6) is 0.400. The van der Waals surface area contributed by atoms with Gasteiger partial charge in [-0.3, -0.25) is 4.79 Å². The number of nitrogens with zero attached hydrogens (tertiary/aromatic N) is 2. The number of carbonyl (C=O) groups excluding carboxylic acids is 1. The minimum absolute atomic E-state index is 0.206. The number of fused-ring (bicyclic) bond motifs is 1. The highest BCUT2D eigenvalue weighted by Crippen LogP contribution is 2.31. The van der Waals surface area contributed by atoms with Gasteiger partial charge in [0.1, 0.15) is 11.4 Å². The molecule has 0 aliphatic carbocycles. The first kappa shape index (κ1) is 17.4. The highest BCUT2D eigenvalue weighted by atomic mass is 79.9. The van der Waals surface area contributed by atoms with Crippen LogP contribution in [0.25, 0.3) is 16.9 Å². The third-order valence-corrected chi connectivity index (χ3v) is 4.58. The molecule has 136 valence electrons. The van der Waals surface area contributed by atoms with Gasteiger partial charge in [0.15, 0.2) is 10.4 Å². The van der Waals surface area contributed by atoms with Crippen molar-refractivity contribution in [1.82, 2.24) is 9.38 Å². The van der Waals surface area contributed by atoms with Gasteiger partial charge in [-0.2, -0.15) is 0 Å². The van der Waals surface area contributed by atoms with Crippen LogP contribution in [0.3, 0.4) is 0 Å². The summed E-state index contributed by atoms with van der Waals surface area (Å²) in [6, 6.07) is 12.9. The van der Waals surface area contributed by atoms with Crippen LogP contribution in [-0.2, 0) is 0 Å². The van der Waals surface area contributed by atoms with Crippen LogP contribution in [0.4, 0.5) is 5.69 Å². The van der Waals surface area contributed by atoms with Crippen molar-refractivity contribution in [3.05, 3.63) is 70.9 Å². The van der Waals surface area contributed by atoms with Crippen LogP contribution in [0.1, 0.15) is 16.1 Å². The Morgan fingerprint density at radius 1 is 1.22 bits per heavy atom. The number of halogens is 1. The van der Waals surface area contributed by atoms with Crippen LogP contribution in [0.5, 0.6) is 5.75 Å². The zero-order valence-electron chi connectivity index (χ0n) is 14.7. The monoisotopic (exact) mass is 425 g/mol. The van der Waals surface area contributed by atoms with Crippen molar-refractivity contribution in [3.8, 4) is 17.0 Å². The number of aromatic nitrogens is 2. The van der Waals surface area contributed by atoms with Crippen LogP contribution in [0.15, 0.2) is 63.9 Å². The summed E-state index contributed by atoms with van der Waals surface area (Å²) in [5, 5.41) is 2.83. The standard InChI is InChI=1S/C20H16BrN3O3/c1-12-7-8-24-11-15(22-19(24)9-12)13-3-4-16(26-2)14(10-13)23-20(25)17-5-6-18(21)27-17/h3-11H,1-2H3,(H,23,25). The van der Waals surface area contributed by atoms with E-state index in [-0.39, 0.29) is 11.7 Å². The molecule has 0 spiro atoms. The van der Waals surface area contributed by atoms with E-state index < -0.39 is 0 Å². The fraction of sp³-hybridized carbons (Fsp3) is 0.100. The molecule has 0 atom stereocenters. The van der Waals surface area contributed by atoms with Crippen LogP contribution in [0, 0.1) is 6.92 Å². The van der Waals surface area contributed by atoms with Gasteiger partial charge in [-0.1, -0.05) is 0 Å². The minimum atomic E-state index is -0.359. The molecule has 3 aromatic heterocycles. The summed E-state index contributed by atoms with van der Waals surface area (Å²) in [7, 11) is 1.56. The first-order valence-electron chi connectivity index (χ1n) is 8.24. The van der Waals surface area contributed by atoms with Gasteiger partial charge in [-0.25, -0.2) is 4.98 Å². The zero-order chi connectivity index (χ0) is 19.0. The molecule has 1 N–H and O–H groups in total. The average molecular weight is 426 g/mol. The van der Waals surface area contributed by atoms with E-state index in [1.165, 1.54) is 0 Å². The molecule has 4 rings (SSSR count). The molecule has 0 aliphatic rings. The van der Waals surface area contributed by atoms with Crippen molar-refractivity contribution >= 4 is 33.2 Å². The molecule has 0 saturated heterocycles. The number of furan rings is 1. The van der Waals surface area contributed by atoms with Crippen LogP contribution < -0.4 is 10.1 Å². The molecule has 0 bridgehead atoms. The molecular formula is C20H16BrN3O3. The van der Waals surface area contributed by atoms with Crippen molar-refractivity contribution in [3.63, 3.8) is 0 Å². The number of methoxy groups -OCH3 is 1. The Balaban J connectivity index is 1.70. The molecule has 3 heterocycles. The minimum Gasteiger partial charge on any atom is -0.495 e. The highest BCUT2D eigenvalue weighted by Gasteiger charge is 2.15. The van der Waals surface area contributed by atoms with Gasteiger partial charge in [0.2, 0.25) is 0 Å². The summed E-state index contributed by atoms with van der Waals surface area (Å²) in [4.78, 5) is 17.1. The fourth-order valence-electron chi connectivity index (χ4n) is 2.81. The van der Waals surface area contributed by atoms with E-state index in [1.54, 1.807) is 25.3 Å². The third kappa shape index (κ3) is 3.46. The lowest BCUT2D eigenvalue weighted by atomic mass is 10.1. The number of amides is 1. The summed E-state index contributed by atoms with van der Waals surface area (Å²) < 4.78 is 13.1. The lowest BCUT2D eigenvalue weighted by Crippen LogP contribution is -2.11. The largest absolute Gasteiger partial charge is 0.495 e. The second-order valence-electron chi connectivity index (χ2n) is 6.07. The van der Waals surface area contributed by atoms with E-state index in [0.717, 1.165) is 22.5 Å². The number of ether oxygens (including phenoxy) is 1. The third-order valence-electron chi connectivity index (χ3n) is 4.16. The Morgan fingerprint density at radius 3 is 2.81 bits per heavy atom. The summed E-state index contributed by atoms with van der Waals surface area (Å²) in [5.41, 5.74) is 4.23. The number of aryl methyl sites for hydroxylation is 1. The Morgan fingerprint density at radius 2 is 2.07 bits per heavy atom. The molecule has 0 saturated carbocycles. The van der Waals surface area contributed by atoms with Gasteiger partial charge in [-0.05, 0) is 70.9 Å². The molecule has 0 unspecified atom stereocenters. The molecule has 4 aromatic rings. The van der Waals surface area contributed by atoms with E-state index in [2.05, 4.69) is 26.2 Å². The highest BCUT2D eigenvalue weighted by molar-refractivity contribution is 9.10. The number of carbonyl (C=O) groups is 1. The van der Waals surface area contributed by atoms with E-state index in [9.17, 15) is 4.79 Å². The van der Waals surface area contributed by atoms with Crippen molar-refractivity contribution in [2.75, 3.05) is 12.4 Å². The molecule has 1 amide bonds. The number of pyridine rings is 1. The summed E-state index contributed by atoms with van der Waals surface area (Å²) in [6.45, 7) is 2.03. The topological polar surface area (TPSA) is 68.8 Å². The van der Waals surface area contributed by atoms with Gasteiger partial charge in [0, 0.05) is 18.0 Å². The fourth-order valence-corrected chi connectivity index (χ4v) is 3.11. The Bertz CT molecular complexity index is 1150. The second kappa shape index (κ2) is 6.92. The van der Waals surface area contributed by atoms with Gasteiger partial charge in [0.25, 0.3) is 5.91 Å². The molecule has 0 aliphatic heterocycles. The molecule has 0 fully saturated rings. The average Bonchev–Trinajstić information content (AvgIpc) is 3.27. The molecule has 7 heteroatoms. The first-order chi connectivity index (χ1) is 13.0. The number of anilines is 1. The van der Waals surface area contributed by atoms with E-state index in [1.807, 2.05) is 48.0 Å². The number of rotatable bonds is 4. The Kier molecular flexibility index (Phi) is 4.45. The van der Waals surface area contributed by atoms with Crippen LogP contribution >= 0.6 is 15.9 Å². The number of imidazole rings is 1. The predicted molar refractivity (Wildman–Crippen MR) is 106 cm³/mol. The number of hydrogen-bond donors (Lipinski definition) is 1. The van der Waals surface area contributed by atoms with E-state index >= 15 is 0 Å². The summed E-state index contributed by atoms with van der Waals surface area (Å²) >= 11 is 3.20. The lowest BCUT2D eigenvalue weighted by molar-refractivity contribution is 0.0995. The van der Waals surface area contributed by atoms with Crippen LogP contribution in [-0.4, -0.2) is 22.4 Å². The van der Waals surface area contributed by atoms with Crippen molar-refractivity contribution in [2.45, 2.75) is 6.92 Å². The van der Waals surface area contributed by atoms with Crippen LogP contribution in [0.2, 0.25) is 0 Å². The SMILES string of the molecule is COc1ccc(-c2cn3ccc(C)cc3n2)cc1NC(=O)c1ccc(Br)o1. The van der Waals surface area contributed by atoms with Gasteiger partial charge < -0.3 is 18.9 Å². The predicted octanol–water partition coefficient (Wildman–Crippen LogP) is 4.93.